The van der Waals surface area contributed by atoms with Crippen LogP contribution in [-0.2, 0) is 0 Å². The number of nitrogens with two attached hydrogens (primary N) is 1. The van der Waals surface area contributed by atoms with Crippen molar-refractivity contribution in [1.82, 2.24) is 10.2 Å². The van der Waals surface area contributed by atoms with Crippen LogP contribution in [0.3, 0.4) is 0 Å². The van der Waals surface area contributed by atoms with Crippen molar-refractivity contribution in [3.8, 4) is 0 Å². The summed E-state index contributed by atoms with van der Waals surface area (Å²) in [6.07, 6.45) is 1.77. The predicted octanol–water partition coefficient (Wildman–Crippen LogP) is 4.27. The third-order valence-electron chi connectivity index (χ3n) is 3.37. The Kier molecular flexibility index (Phi) is 3.14. The van der Waals surface area contributed by atoms with Crippen molar-refractivity contribution < 1.29 is 0 Å². The predicted molar refractivity (Wildman–Crippen MR) is 87.4 cm³/mol. The first-order valence-electron chi connectivity index (χ1n) is 6.31. The van der Waals surface area contributed by atoms with Gasteiger partial charge in [-0.15, -0.1) is 0 Å². The minimum atomic E-state index is 0.709. The average molecular weight is 331 g/mol. The van der Waals surface area contributed by atoms with Crippen LogP contribution in [0.25, 0.3) is 10.9 Å². The minimum absolute atomic E-state index is 0.709. The maximum atomic E-state index is 6.11. The van der Waals surface area contributed by atoms with Crippen molar-refractivity contribution in [2.75, 3.05) is 11.1 Å². The van der Waals surface area contributed by atoms with Crippen molar-refractivity contribution in [1.29, 1.82) is 0 Å². The van der Waals surface area contributed by atoms with Crippen LogP contribution >= 0.6 is 15.9 Å². The standard InChI is InChI=1S/C15H15BrN4/c1-8-3-11(16)4-9(2)15(8)19-14-6-13-10(5-12(14)17)7-18-20-13/h3-7,19H,17H2,1-2H3,(H,18,20). The number of anilines is 3. The van der Waals surface area contributed by atoms with E-state index < -0.39 is 0 Å². The van der Waals surface area contributed by atoms with E-state index >= 15 is 0 Å². The van der Waals surface area contributed by atoms with Crippen molar-refractivity contribution in [2.45, 2.75) is 13.8 Å². The molecule has 0 unspecified atom stereocenters. The normalized spacial score (nSPS) is 10.9. The second kappa shape index (κ2) is 4.83. The van der Waals surface area contributed by atoms with E-state index in [-0.39, 0.29) is 0 Å². The number of hydrogen-bond acceptors (Lipinski definition) is 3. The fraction of sp³-hybridized carbons (Fsp3) is 0.133. The first kappa shape index (κ1) is 13.0. The first-order chi connectivity index (χ1) is 9.54. The van der Waals surface area contributed by atoms with Gasteiger partial charge >= 0.3 is 0 Å². The van der Waals surface area contributed by atoms with E-state index in [1.807, 2.05) is 12.1 Å². The molecule has 0 spiro atoms. The number of aromatic amines is 1. The number of aryl methyl sites for hydroxylation is 2. The summed E-state index contributed by atoms with van der Waals surface area (Å²) in [5, 5.41) is 11.4. The van der Waals surface area contributed by atoms with Gasteiger partial charge in [0.25, 0.3) is 0 Å². The van der Waals surface area contributed by atoms with Crippen LogP contribution in [0.4, 0.5) is 17.1 Å². The van der Waals surface area contributed by atoms with Gasteiger partial charge in [-0.3, -0.25) is 5.10 Å². The molecule has 4 N–H and O–H groups in total. The van der Waals surface area contributed by atoms with Crippen LogP contribution in [0.1, 0.15) is 11.1 Å². The zero-order valence-electron chi connectivity index (χ0n) is 11.3. The second-order valence-corrected chi connectivity index (χ2v) is 5.85. The Bertz CT molecular complexity index is 769. The quantitative estimate of drug-likeness (QED) is 0.615. The number of benzene rings is 2. The zero-order valence-corrected chi connectivity index (χ0v) is 12.9. The van der Waals surface area contributed by atoms with E-state index in [1.165, 1.54) is 11.1 Å². The molecule has 0 atom stereocenters. The lowest BCUT2D eigenvalue weighted by molar-refractivity contribution is 1.12. The number of nitrogens with zero attached hydrogens (tertiary/aromatic N) is 1. The fourth-order valence-corrected chi connectivity index (χ4v) is 3.05. The third kappa shape index (κ3) is 2.25. The van der Waals surface area contributed by atoms with Crippen molar-refractivity contribution in [3.05, 3.63) is 46.1 Å². The number of nitrogens with one attached hydrogen (secondary N) is 2. The molecule has 1 heterocycles. The molecule has 20 heavy (non-hydrogen) atoms. The largest absolute Gasteiger partial charge is 0.397 e. The molecule has 0 radical (unpaired) electrons. The van der Waals surface area contributed by atoms with E-state index in [4.69, 9.17) is 5.73 Å². The molecule has 0 amide bonds. The molecule has 3 aromatic rings. The molecule has 0 aliphatic carbocycles. The van der Waals surface area contributed by atoms with Gasteiger partial charge < -0.3 is 11.1 Å². The molecule has 0 saturated heterocycles. The molecule has 0 aliphatic rings. The number of fused-ring (bicyclic) bond motifs is 1. The Hall–Kier alpha value is -2.01. The van der Waals surface area contributed by atoms with Gasteiger partial charge in [0.15, 0.2) is 0 Å². The summed E-state index contributed by atoms with van der Waals surface area (Å²) in [5.74, 6) is 0. The van der Waals surface area contributed by atoms with E-state index in [1.54, 1.807) is 6.20 Å². The van der Waals surface area contributed by atoms with Gasteiger partial charge in [-0.1, -0.05) is 15.9 Å². The van der Waals surface area contributed by atoms with Gasteiger partial charge in [-0.2, -0.15) is 5.10 Å². The van der Waals surface area contributed by atoms with Gasteiger partial charge in [-0.05, 0) is 49.2 Å². The Morgan fingerprint density at radius 3 is 2.55 bits per heavy atom. The lowest BCUT2D eigenvalue weighted by Gasteiger charge is -2.15. The fourth-order valence-electron chi connectivity index (χ4n) is 2.36. The first-order valence-corrected chi connectivity index (χ1v) is 7.10. The number of nitrogen functional groups attached to an aromatic ring is 1. The Morgan fingerprint density at radius 1 is 1.15 bits per heavy atom. The molecular formula is C15H15BrN4. The summed E-state index contributed by atoms with van der Waals surface area (Å²) in [7, 11) is 0. The Labute approximate surface area is 125 Å². The number of H-pyrrole nitrogens is 1. The van der Waals surface area contributed by atoms with Crippen LogP contribution < -0.4 is 11.1 Å². The number of rotatable bonds is 2. The number of aromatic nitrogens is 2. The van der Waals surface area contributed by atoms with Gasteiger partial charge in [0.2, 0.25) is 0 Å². The Balaban J connectivity index is 2.07. The maximum absolute atomic E-state index is 6.11. The molecule has 4 nitrogen and oxygen atoms in total. The molecule has 0 aliphatic heterocycles. The van der Waals surface area contributed by atoms with Crippen LogP contribution in [0.2, 0.25) is 0 Å². The molecule has 0 fully saturated rings. The van der Waals surface area contributed by atoms with Crippen LogP contribution in [-0.4, -0.2) is 10.2 Å². The summed E-state index contributed by atoms with van der Waals surface area (Å²) in [6, 6.07) is 8.07. The highest BCUT2D eigenvalue weighted by molar-refractivity contribution is 9.10. The summed E-state index contributed by atoms with van der Waals surface area (Å²) >= 11 is 3.51. The summed E-state index contributed by atoms with van der Waals surface area (Å²) in [5.41, 5.74) is 12.1. The van der Waals surface area contributed by atoms with Gasteiger partial charge in [0.05, 0.1) is 23.1 Å². The van der Waals surface area contributed by atoms with E-state index in [9.17, 15) is 0 Å². The third-order valence-corrected chi connectivity index (χ3v) is 3.83. The molecule has 3 rings (SSSR count). The van der Waals surface area contributed by atoms with Crippen molar-refractivity contribution in [2.24, 2.45) is 0 Å². The molecule has 0 bridgehead atoms. The minimum Gasteiger partial charge on any atom is -0.397 e. The molecule has 102 valence electrons. The molecule has 5 heteroatoms. The van der Waals surface area contributed by atoms with E-state index in [0.717, 1.165) is 26.8 Å². The smallest absolute Gasteiger partial charge is 0.0672 e. The van der Waals surface area contributed by atoms with Crippen LogP contribution in [0.5, 0.6) is 0 Å². The molecular weight excluding hydrogens is 316 g/mol. The second-order valence-electron chi connectivity index (χ2n) is 4.94. The summed E-state index contributed by atoms with van der Waals surface area (Å²) in [4.78, 5) is 0. The maximum Gasteiger partial charge on any atom is 0.0672 e. The topological polar surface area (TPSA) is 66.7 Å². The molecule has 2 aromatic carbocycles. The molecule has 1 aromatic heterocycles. The van der Waals surface area contributed by atoms with Crippen LogP contribution in [0.15, 0.2) is 34.9 Å². The number of halogens is 1. The SMILES string of the molecule is Cc1cc(Br)cc(C)c1Nc1cc2[nH]ncc2cc1N. The summed E-state index contributed by atoms with van der Waals surface area (Å²) < 4.78 is 1.08. The van der Waals surface area contributed by atoms with E-state index in [2.05, 4.69) is 57.4 Å². The van der Waals surface area contributed by atoms with E-state index in [0.29, 0.717) is 5.69 Å². The highest BCUT2D eigenvalue weighted by atomic mass is 79.9. The summed E-state index contributed by atoms with van der Waals surface area (Å²) in [6.45, 7) is 4.15. The zero-order chi connectivity index (χ0) is 14.3. The highest BCUT2D eigenvalue weighted by Gasteiger charge is 2.08. The van der Waals surface area contributed by atoms with Gasteiger partial charge in [-0.25, -0.2) is 0 Å². The van der Waals surface area contributed by atoms with Gasteiger partial charge in [0.1, 0.15) is 0 Å². The lowest BCUT2D eigenvalue weighted by atomic mass is 10.1. The number of hydrogen-bond donors (Lipinski definition) is 3. The highest BCUT2D eigenvalue weighted by Crippen LogP contribution is 2.32. The Morgan fingerprint density at radius 2 is 1.85 bits per heavy atom. The monoisotopic (exact) mass is 330 g/mol. The van der Waals surface area contributed by atoms with Gasteiger partial charge in [0, 0.05) is 15.5 Å². The lowest BCUT2D eigenvalue weighted by Crippen LogP contribution is -2.00. The van der Waals surface area contributed by atoms with Crippen LogP contribution in [0, 0.1) is 13.8 Å². The molecule has 0 saturated carbocycles. The van der Waals surface area contributed by atoms with Crippen molar-refractivity contribution in [3.63, 3.8) is 0 Å². The van der Waals surface area contributed by atoms with Crippen molar-refractivity contribution >= 4 is 43.9 Å². The average Bonchev–Trinajstić information content (AvgIpc) is 2.80.